The molecule has 13 heteroatoms. The summed E-state index contributed by atoms with van der Waals surface area (Å²) in [5.74, 6) is 0.655. The van der Waals surface area contributed by atoms with E-state index in [1.165, 1.54) is 6.07 Å². The van der Waals surface area contributed by atoms with Crippen LogP contribution in [0.25, 0.3) is 11.3 Å². The van der Waals surface area contributed by atoms with Gasteiger partial charge in [0.25, 0.3) is 5.91 Å². The van der Waals surface area contributed by atoms with E-state index in [9.17, 15) is 4.79 Å². The summed E-state index contributed by atoms with van der Waals surface area (Å²) in [6.45, 7) is 6.09. The summed E-state index contributed by atoms with van der Waals surface area (Å²) >= 11 is 0. The SMILES string of the molecule is Nc1ncc(-c2nc(N3CCOCC3)nc3c2CCN3c2ccc(C(=O)N3CCN(CCO)CC3)cc2F)cn1. The van der Waals surface area contributed by atoms with Gasteiger partial charge in [-0.25, -0.2) is 19.3 Å². The van der Waals surface area contributed by atoms with E-state index in [0.717, 1.165) is 5.56 Å². The Bertz CT molecular complexity index is 1380. The molecule has 0 atom stereocenters. The van der Waals surface area contributed by atoms with Crippen molar-refractivity contribution in [3.05, 3.63) is 47.5 Å². The van der Waals surface area contributed by atoms with Crippen LogP contribution in [-0.2, 0) is 11.2 Å². The number of carbonyl (C=O) groups excluding carboxylic acids is 1. The molecule has 1 aromatic carbocycles. The number of carbonyl (C=O) groups is 1. The zero-order valence-corrected chi connectivity index (χ0v) is 22.2. The maximum atomic E-state index is 15.7. The van der Waals surface area contributed by atoms with Crippen LogP contribution < -0.4 is 15.5 Å². The summed E-state index contributed by atoms with van der Waals surface area (Å²) in [5.41, 5.74) is 8.67. The zero-order valence-electron chi connectivity index (χ0n) is 22.2. The average molecular weight is 550 g/mol. The molecule has 3 aromatic rings. The van der Waals surface area contributed by atoms with Crippen molar-refractivity contribution in [2.24, 2.45) is 0 Å². The number of morpholine rings is 1. The molecular weight excluding hydrogens is 517 g/mol. The molecule has 5 heterocycles. The molecule has 2 aromatic heterocycles. The molecule has 40 heavy (non-hydrogen) atoms. The van der Waals surface area contributed by atoms with Gasteiger partial charge in [-0.2, -0.15) is 4.98 Å². The quantitative estimate of drug-likeness (QED) is 0.454. The van der Waals surface area contributed by atoms with Crippen molar-refractivity contribution in [1.29, 1.82) is 0 Å². The molecule has 0 unspecified atom stereocenters. The van der Waals surface area contributed by atoms with Gasteiger partial charge >= 0.3 is 0 Å². The molecule has 0 bridgehead atoms. The van der Waals surface area contributed by atoms with Crippen molar-refractivity contribution in [1.82, 2.24) is 29.7 Å². The molecule has 0 radical (unpaired) electrons. The number of anilines is 4. The average Bonchev–Trinajstić information content (AvgIpc) is 3.41. The largest absolute Gasteiger partial charge is 0.395 e. The Labute approximate surface area is 231 Å². The van der Waals surface area contributed by atoms with E-state index in [1.807, 2.05) is 4.90 Å². The molecule has 2 fully saturated rings. The first kappa shape index (κ1) is 26.3. The van der Waals surface area contributed by atoms with E-state index < -0.39 is 5.82 Å². The van der Waals surface area contributed by atoms with Crippen LogP contribution >= 0.6 is 0 Å². The van der Waals surface area contributed by atoms with Crippen molar-refractivity contribution in [3.8, 4) is 11.3 Å². The lowest BCUT2D eigenvalue weighted by molar-refractivity contribution is 0.0614. The van der Waals surface area contributed by atoms with Gasteiger partial charge in [-0.05, 0) is 24.6 Å². The van der Waals surface area contributed by atoms with Gasteiger partial charge in [-0.3, -0.25) is 9.69 Å². The van der Waals surface area contributed by atoms with Gasteiger partial charge in [0.15, 0.2) is 0 Å². The fraction of sp³-hybridized carbons (Fsp3) is 0.444. The zero-order chi connectivity index (χ0) is 27.6. The van der Waals surface area contributed by atoms with Gasteiger partial charge in [0.2, 0.25) is 11.9 Å². The summed E-state index contributed by atoms with van der Waals surface area (Å²) in [6, 6.07) is 4.65. The molecule has 1 amide bonds. The van der Waals surface area contributed by atoms with Crippen LogP contribution in [0.5, 0.6) is 0 Å². The minimum Gasteiger partial charge on any atom is -0.395 e. The van der Waals surface area contributed by atoms with E-state index in [2.05, 4.69) is 19.8 Å². The van der Waals surface area contributed by atoms with Crippen molar-refractivity contribution in [3.63, 3.8) is 0 Å². The molecule has 3 N–H and O–H groups in total. The van der Waals surface area contributed by atoms with Gasteiger partial charge in [0.1, 0.15) is 11.6 Å². The van der Waals surface area contributed by atoms with Gasteiger partial charge in [-0.1, -0.05) is 0 Å². The van der Waals surface area contributed by atoms with Crippen molar-refractivity contribution < 1.29 is 19.0 Å². The van der Waals surface area contributed by atoms with Crippen LogP contribution in [0, 0.1) is 5.82 Å². The standard InChI is InChI=1S/C27H32FN9O3/c28-21-15-18(25(39)35-7-5-34(6-8-35)9-12-38)1-2-22(21)37-4-3-20-23(19-16-30-26(29)31-17-19)32-27(33-24(20)37)36-10-13-40-14-11-36/h1-2,15-17,38H,3-14H2,(H2,29,30,31). The number of rotatable bonds is 6. The molecule has 3 aliphatic rings. The first-order valence-corrected chi connectivity index (χ1v) is 13.5. The Hall–Kier alpha value is -3.94. The van der Waals surface area contributed by atoms with E-state index in [0.29, 0.717) is 106 Å². The van der Waals surface area contributed by atoms with E-state index in [-0.39, 0.29) is 18.5 Å². The number of fused-ring (bicyclic) bond motifs is 1. The number of nitrogen functional groups attached to an aromatic ring is 1. The third-order valence-corrected chi connectivity index (χ3v) is 7.61. The number of nitrogens with two attached hydrogens (primary N) is 1. The Kier molecular flexibility index (Phi) is 7.41. The minimum atomic E-state index is -0.485. The molecule has 3 aliphatic heterocycles. The summed E-state index contributed by atoms with van der Waals surface area (Å²) in [4.78, 5) is 38.9. The smallest absolute Gasteiger partial charge is 0.254 e. The van der Waals surface area contributed by atoms with Gasteiger partial charge in [0, 0.05) is 81.4 Å². The number of hydrogen-bond donors (Lipinski definition) is 2. The van der Waals surface area contributed by atoms with Crippen molar-refractivity contribution in [2.75, 3.05) is 87.7 Å². The third kappa shape index (κ3) is 5.15. The molecule has 6 rings (SSSR count). The van der Waals surface area contributed by atoms with E-state index in [4.69, 9.17) is 25.5 Å². The highest BCUT2D eigenvalue weighted by Gasteiger charge is 2.31. The Morgan fingerprint density at radius 3 is 2.48 bits per heavy atom. The van der Waals surface area contributed by atoms with Crippen LogP contribution in [0.4, 0.5) is 27.8 Å². The van der Waals surface area contributed by atoms with Crippen LogP contribution in [-0.4, -0.2) is 113 Å². The molecule has 12 nitrogen and oxygen atoms in total. The van der Waals surface area contributed by atoms with Gasteiger partial charge < -0.3 is 30.3 Å². The highest BCUT2D eigenvalue weighted by atomic mass is 19.1. The number of aromatic nitrogens is 4. The Morgan fingerprint density at radius 2 is 1.77 bits per heavy atom. The second-order valence-electron chi connectivity index (χ2n) is 10.0. The summed E-state index contributed by atoms with van der Waals surface area (Å²) < 4.78 is 21.2. The normalized spacial score (nSPS) is 17.8. The number of halogens is 1. The number of aliphatic hydroxyl groups is 1. The minimum absolute atomic E-state index is 0.0916. The highest BCUT2D eigenvalue weighted by molar-refractivity contribution is 5.95. The first-order chi connectivity index (χ1) is 19.5. The highest BCUT2D eigenvalue weighted by Crippen LogP contribution is 2.40. The maximum absolute atomic E-state index is 15.7. The summed E-state index contributed by atoms with van der Waals surface area (Å²) in [5, 5.41) is 9.15. The molecule has 0 saturated carbocycles. The fourth-order valence-electron chi connectivity index (χ4n) is 5.44. The number of β-amino-alcohol motifs (C(OH)–C–C–N with tert-alkyl or cyclic N) is 1. The monoisotopic (exact) mass is 549 g/mol. The molecule has 210 valence electrons. The van der Waals surface area contributed by atoms with E-state index >= 15 is 4.39 Å². The van der Waals surface area contributed by atoms with Crippen LogP contribution in [0.2, 0.25) is 0 Å². The second-order valence-corrected chi connectivity index (χ2v) is 10.0. The number of nitrogens with zero attached hydrogens (tertiary/aromatic N) is 8. The molecule has 0 aliphatic carbocycles. The predicted molar refractivity (Wildman–Crippen MR) is 147 cm³/mol. The van der Waals surface area contributed by atoms with Crippen LogP contribution in [0.15, 0.2) is 30.6 Å². The third-order valence-electron chi connectivity index (χ3n) is 7.61. The number of benzene rings is 1. The first-order valence-electron chi connectivity index (χ1n) is 13.5. The van der Waals surface area contributed by atoms with Crippen LogP contribution in [0.3, 0.4) is 0 Å². The summed E-state index contributed by atoms with van der Waals surface area (Å²) in [7, 11) is 0. The number of ether oxygens (including phenoxy) is 1. The predicted octanol–water partition coefficient (Wildman–Crippen LogP) is 0.936. The number of hydrogen-bond acceptors (Lipinski definition) is 11. The molecular formula is C27H32FN9O3. The van der Waals surface area contributed by atoms with Gasteiger partial charge in [0.05, 0.1) is 31.2 Å². The number of amides is 1. The molecule has 2 saturated heterocycles. The van der Waals surface area contributed by atoms with Crippen molar-refractivity contribution >= 4 is 29.3 Å². The molecule has 0 spiro atoms. The fourth-order valence-corrected chi connectivity index (χ4v) is 5.44. The second kappa shape index (κ2) is 11.3. The van der Waals surface area contributed by atoms with Gasteiger partial charge in [-0.15, -0.1) is 0 Å². The number of aliphatic hydroxyl groups excluding tert-OH is 1. The Morgan fingerprint density at radius 1 is 1.02 bits per heavy atom. The Balaban J connectivity index is 1.30. The van der Waals surface area contributed by atoms with Crippen molar-refractivity contribution in [2.45, 2.75) is 6.42 Å². The maximum Gasteiger partial charge on any atom is 0.254 e. The topological polar surface area (TPSA) is 137 Å². The lowest BCUT2D eigenvalue weighted by Gasteiger charge is -2.34. The summed E-state index contributed by atoms with van der Waals surface area (Å²) in [6.07, 6.45) is 3.89. The lowest BCUT2D eigenvalue weighted by Crippen LogP contribution is -2.49. The van der Waals surface area contributed by atoms with E-state index in [1.54, 1.807) is 29.4 Å². The van der Waals surface area contributed by atoms with Crippen LogP contribution in [0.1, 0.15) is 15.9 Å². The lowest BCUT2D eigenvalue weighted by atomic mass is 10.1. The number of piperazine rings is 1.